The second kappa shape index (κ2) is 6.60. The Kier molecular flexibility index (Phi) is 4.61. The molecule has 0 atom stereocenters. The van der Waals surface area contributed by atoms with Crippen LogP contribution in [-0.2, 0) is 6.54 Å². The summed E-state index contributed by atoms with van der Waals surface area (Å²) in [4.78, 5) is 10.4. The van der Waals surface area contributed by atoms with Gasteiger partial charge in [0.1, 0.15) is 11.5 Å². The smallest absolute Gasteiger partial charge is 0.270 e. The monoisotopic (exact) mass is 288 g/mol. The summed E-state index contributed by atoms with van der Waals surface area (Å²) in [6.07, 6.45) is 0. The van der Waals surface area contributed by atoms with E-state index in [4.69, 9.17) is 9.47 Å². The summed E-state index contributed by atoms with van der Waals surface area (Å²) in [5.41, 5.74) is 1.66. The molecule has 2 aromatic rings. The van der Waals surface area contributed by atoms with Crippen molar-refractivity contribution in [2.75, 3.05) is 19.5 Å². The van der Waals surface area contributed by atoms with Crippen LogP contribution in [-0.4, -0.2) is 19.1 Å². The number of nitro groups is 1. The highest BCUT2D eigenvalue weighted by molar-refractivity contribution is 5.49. The molecule has 0 aliphatic rings. The predicted molar refractivity (Wildman–Crippen MR) is 80.0 cm³/mol. The number of hydrogen-bond acceptors (Lipinski definition) is 5. The van der Waals surface area contributed by atoms with Gasteiger partial charge in [-0.05, 0) is 30.3 Å². The molecule has 6 nitrogen and oxygen atoms in total. The van der Waals surface area contributed by atoms with Crippen LogP contribution in [0.15, 0.2) is 42.5 Å². The number of non-ortho nitro benzene ring substituents is 1. The highest BCUT2D eigenvalue weighted by Crippen LogP contribution is 2.25. The van der Waals surface area contributed by atoms with Gasteiger partial charge in [0.05, 0.1) is 19.1 Å². The zero-order valence-corrected chi connectivity index (χ0v) is 11.8. The summed E-state index contributed by atoms with van der Waals surface area (Å²) in [6.45, 7) is 0.428. The van der Waals surface area contributed by atoms with Gasteiger partial charge in [-0.15, -0.1) is 0 Å². The summed E-state index contributed by atoms with van der Waals surface area (Å²) < 4.78 is 10.3. The zero-order valence-electron chi connectivity index (χ0n) is 11.8. The van der Waals surface area contributed by atoms with E-state index in [1.54, 1.807) is 13.2 Å². The van der Waals surface area contributed by atoms with Crippen molar-refractivity contribution in [3.05, 3.63) is 58.1 Å². The van der Waals surface area contributed by atoms with Crippen LogP contribution in [0.5, 0.6) is 11.5 Å². The second-order valence-corrected chi connectivity index (χ2v) is 4.34. The maximum Gasteiger partial charge on any atom is 0.270 e. The summed E-state index contributed by atoms with van der Waals surface area (Å²) in [5.74, 6) is 1.38. The molecule has 0 spiro atoms. The van der Waals surface area contributed by atoms with Gasteiger partial charge in [-0.3, -0.25) is 10.1 Å². The molecule has 0 heterocycles. The topological polar surface area (TPSA) is 73.6 Å². The lowest BCUT2D eigenvalue weighted by atomic mass is 10.1. The maximum atomic E-state index is 10.8. The molecule has 0 amide bonds. The number of nitrogens with zero attached hydrogens (tertiary/aromatic N) is 1. The van der Waals surface area contributed by atoms with Crippen LogP contribution in [0.25, 0.3) is 0 Å². The van der Waals surface area contributed by atoms with Crippen molar-refractivity contribution in [2.45, 2.75) is 6.54 Å². The SMILES string of the molecule is COc1ccc(NCc2cc([N+](=O)[O-])ccc2OC)cc1. The zero-order chi connectivity index (χ0) is 15.2. The van der Waals surface area contributed by atoms with E-state index in [1.807, 2.05) is 24.3 Å². The third-order valence-electron chi connectivity index (χ3n) is 3.05. The third kappa shape index (κ3) is 3.62. The molecule has 0 radical (unpaired) electrons. The summed E-state index contributed by atoms with van der Waals surface area (Å²) >= 11 is 0. The molecule has 0 unspecified atom stereocenters. The van der Waals surface area contributed by atoms with Crippen LogP contribution >= 0.6 is 0 Å². The lowest BCUT2D eigenvalue weighted by molar-refractivity contribution is -0.384. The standard InChI is InChI=1S/C15H16N2O4/c1-20-14-6-3-12(4-7-14)16-10-11-9-13(17(18)19)5-8-15(11)21-2/h3-9,16H,10H2,1-2H3. The molecule has 0 aliphatic heterocycles. The number of benzene rings is 2. The minimum atomic E-state index is -0.420. The van der Waals surface area contributed by atoms with Crippen molar-refractivity contribution in [1.29, 1.82) is 0 Å². The Balaban J connectivity index is 2.13. The molecule has 6 heteroatoms. The third-order valence-corrected chi connectivity index (χ3v) is 3.05. The van der Waals surface area contributed by atoms with Crippen molar-refractivity contribution < 1.29 is 14.4 Å². The molecule has 2 rings (SSSR count). The largest absolute Gasteiger partial charge is 0.497 e. The lowest BCUT2D eigenvalue weighted by Gasteiger charge is -2.11. The van der Waals surface area contributed by atoms with Gasteiger partial charge in [-0.1, -0.05) is 0 Å². The summed E-state index contributed by atoms with van der Waals surface area (Å²) in [5, 5.41) is 14.0. The minimum absolute atomic E-state index is 0.0438. The van der Waals surface area contributed by atoms with Crippen LogP contribution in [0.1, 0.15) is 5.56 Å². The fraction of sp³-hybridized carbons (Fsp3) is 0.200. The van der Waals surface area contributed by atoms with Gasteiger partial charge < -0.3 is 14.8 Å². The Bertz CT molecular complexity index is 626. The molecular formula is C15H16N2O4. The van der Waals surface area contributed by atoms with Gasteiger partial charge in [0.25, 0.3) is 5.69 Å². The van der Waals surface area contributed by atoms with Gasteiger partial charge in [-0.25, -0.2) is 0 Å². The van der Waals surface area contributed by atoms with E-state index in [0.29, 0.717) is 12.3 Å². The average Bonchev–Trinajstić information content (AvgIpc) is 2.53. The molecule has 2 aromatic carbocycles. The van der Waals surface area contributed by atoms with Crippen LogP contribution < -0.4 is 14.8 Å². The normalized spacial score (nSPS) is 10.0. The highest BCUT2D eigenvalue weighted by atomic mass is 16.6. The van der Waals surface area contributed by atoms with E-state index in [9.17, 15) is 10.1 Å². The average molecular weight is 288 g/mol. The second-order valence-electron chi connectivity index (χ2n) is 4.34. The lowest BCUT2D eigenvalue weighted by Crippen LogP contribution is -2.02. The van der Waals surface area contributed by atoms with E-state index in [2.05, 4.69) is 5.32 Å². The molecule has 0 aliphatic carbocycles. The Morgan fingerprint density at radius 2 is 1.81 bits per heavy atom. The quantitative estimate of drug-likeness (QED) is 0.652. The van der Waals surface area contributed by atoms with Gasteiger partial charge in [0, 0.05) is 29.9 Å². The summed E-state index contributed by atoms with van der Waals surface area (Å²) in [7, 11) is 3.15. The van der Waals surface area contributed by atoms with Crippen molar-refractivity contribution in [3.63, 3.8) is 0 Å². The maximum absolute atomic E-state index is 10.8. The molecule has 0 saturated heterocycles. The van der Waals surface area contributed by atoms with E-state index >= 15 is 0 Å². The Hall–Kier alpha value is -2.76. The first-order valence-corrected chi connectivity index (χ1v) is 6.33. The number of methoxy groups -OCH3 is 2. The number of rotatable bonds is 6. The molecule has 110 valence electrons. The first kappa shape index (κ1) is 14.6. The fourth-order valence-corrected chi connectivity index (χ4v) is 1.92. The number of nitrogens with one attached hydrogen (secondary N) is 1. The van der Waals surface area contributed by atoms with Gasteiger partial charge in [0.2, 0.25) is 0 Å². The molecule has 0 fully saturated rings. The van der Waals surface area contributed by atoms with E-state index in [1.165, 1.54) is 19.2 Å². The van der Waals surface area contributed by atoms with E-state index in [-0.39, 0.29) is 5.69 Å². The van der Waals surface area contributed by atoms with E-state index in [0.717, 1.165) is 17.0 Å². The molecule has 1 N–H and O–H groups in total. The van der Waals surface area contributed by atoms with Crippen molar-refractivity contribution in [3.8, 4) is 11.5 Å². The Morgan fingerprint density at radius 3 is 2.38 bits per heavy atom. The number of anilines is 1. The number of ether oxygens (including phenoxy) is 2. The first-order chi connectivity index (χ1) is 10.1. The van der Waals surface area contributed by atoms with Crippen LogP contribution in [0.2, 0.25) is 0 Å². The van der Waals surface area contributed by atoms with Crippen LogP contribution in [0, 0.1) is 10.1 Å². The Morgan fingerprint density at radius 1 is 1.10 bits per heavy atom. The number of hydrogen-bond donors (Lipinski definition) is 1. The minimum Gasteiger partial charge on any atom is -0.497 e. The van der Waals surface area contributed by atoms with Crippen molar-refractivity contribution in [1.82, 2.24) is 0 Å². The van der Waals surface area contributed by atoms with Crippen LogP contribution in [0.3, 0.4) is 0 Å². The van der Waals surface area contributed by atoms with Crippen molar-refractivity contribution >= 4 is 11.4 Å². The summed E-state index contributed by atoms with van der Waals surface area (Å²) in [6, 6.07) is 12.0. The molecule has 0 aromatic heterocycles. The van der Waals surface area contributed by atoms with E-state index < -0.39 is 4.92 Å². The van der Waals surface area contributed by atoms with Gasteiger partial charge in [0.15, 0.2) is 0 Å². The predicted octanol–water partition coefficient (Wildman–Crippen LogP) is 3.22. The Labute approximate surface area is 122 Å². The van der Waals surface area contributed by atoms with Crippen LogP contribution in [0.4, 0.5) is 11.4 Å². The fourth-order valence-electron chi connectivity index (χ4n) is 1.92. The van der Waals surface area contributed by atoms with Gasteiger partial charge in [-0.2, -0.15) is 0 Å². The molecule has 0 saturated carbocycles. The number of nitro benzene ring substituents is 1. The van der Waals surface area contributed by atoms with Crippen molar-refractivity contribution in [2.24, 2.45) is 0 Å². The highest BCUT2D eigenvalue weighted by Gasteiger charge is 2.11. The first-order valence-electron chi connectivity index (χ1n) is 6.33. The molecule has 21 heavy (non-hydrogen) atoms. The molecule has 0 bridgehead atoms. The molecular weight excluding hydrogens is 272 g/mol. The van der Waals surface area contributed by atoms with Gasteiger partial charge >= 0.3 is 0 Å².